The smallest absolute Gasteiger partial charge is 0.138 e. The molecule has 1 fully saturated rings. The summed E-state index contributed by atoms with van der Waals surface area (Å²) >= 11 is 0. The average Bonchev–Trinajstić information content (AvgIpc) is 2.19. The van der Waals surface area contributed by atoms with Gasteiger partial charge in [0.1, 0.15) is 5.78 Å². The van der Waals surface area contributed by atoms with Crippen molar-refractivity contribution in [3.63, 3.8) is 0 Å². The zero-order valence-electron chi connectivity index (χ0n) is 8.32. The Bertz CT molecular complexity index is 327. The van der Waals surface area contributed by atoms with Crippen LogP contribution in [0.4, 0.5) is 0 Å². The number of carbonyl (C=O) groups excluding carboxylic acids is 1. The molecule has 0 spiro atoms. The van der Waals surface area contributed by atoms with Gasteiger partial charge in [0.05, 0.1) is 12.7 Å². The monoisotopic (exact) mass is 190 g/mol. The first-order chi connectivity index (χ1) is 6.75. The highest BCUT2D eigenvalue weighted by Gasteiger charge is 2.21. The summed E-state index contributed by atoms with van der Waals surface area (Å²) in [6.07, 6.45) is 1.09. The van der Waals surface area contributed by atoms with Crippen molar-refractivity contribution in [3.05, 3.63) is 35.4 Å². The fourth-order valence-corrected chi connectivity index (χ4v) is 1.68. The van der Waals surface area contributed by atoms with Gasteiger partial charge >= 0.3 is 0 Å². The Morgan fingerprint density at radius 1 is 1.29 bits per heavy atom. The van der Waals surface area contributed by atoms with Gasteiger partial charge in [-0.25, -0.2) is 0 Å². The number of Topliss-reactive ketones (excluding diaryl/α,β-unsaturated/α-hetero) is 1. The molecule has 1 unspecified atom stereocenters. The summed E-state index contributed by atoms with van der Waals surface area (Å²) in [6, 6.07) is 8.19. The Morgan fingerprint density at radius 3 is 2.64 bits per heavy atom. The van der Waals surface area contributed by atoms with Gasteiger partial charge in [-0.1, -0.05) is 29.8 Å². The van der Waals surface area contributed by atoms with Gasteiger partial charge in [0.2, 0.25) is 0 Å². The third-order valence-electron chi connectivity index (χ3n) is 2.56. The zero-order chi connectivity index (χ0) is 9.97. The first-order valence-corrected chi connectivity index (χ1v) is 4.95. The largest absolute Gasteiger partial charge is 0.373 e. The van der Waals surface area contributed by atoms with Crippen molar-refractivity contribution in [1.29, 1.82) is 0 Å². The molecule has 0 aromatic heterocycles. The lowest BCUT2D eigenvalue weighted by Crippen LogP contribution is -2.19. The Labute approximate surface area is 83.9 Å². The summed E-state index contributed by atoms with van der Waals surface area (Å²) in [6.45, 7) is 2.62. The van der Waals surface area contributed by atoms with Gasteiger partial charge in [0, 0.05) is 12.8 Å². The lowest BCUT2D eigenvalue weighted by atomic mass is 10.00. The van der Waals surface area contributed by atoms with E-state index in [9.17, 15) is 4.79 Å². The average molecular weight is 190 g/mol. The molecular weight excluding hydrogens is 176 g/mol. The number of aryl methyl sites for hydroxylation is 1. The molecular formula is C12H14O2. The highest BCUT2D eigenvalue weighted by Crippen LogP contribution is 2.25. The van der Waals surface area contributed by atoms with Crippen LogP contribution < -0.4 is 0 Å². The fraction of sp³-hybridized carbons (Fsp3) is 0.417. The Kier molecular flexibility index (Phi) is 2.64. The van der Waals surface area contributed by atoms with Gasteiger partial charge in [0.15, 0.2) is 0 Å². The van der Waals surface area contributed by atoms with E-state index in [2.05, 4.69) is 19.1 Å². The van der Waals surface area contributed by atoms with Gasteiger partial charge in [-0.15, -0.1) is 0 Å². The van der Waals surface area contributed by atoms with Crippen LogP contribution in [0, 0.1) is 6.92 Å². The normalized spacial score (nSPS) is 22.4. The lowest BCUT2D eigenvalue weighted by molar-refractivity contribution is -0.128. The van der Waals surface area contributed by atoms with Gasteiger partial charge in [-0.2, -0.15) is 0 Å². The molecule has 14 heavy (non-hydrogen) atoms. The maximum Gasteiger partial charge on any atom is 0.138 e. The zero-order valence-corrected chi connectivity index (χ0v) is 8.32. The minimum Gasteiger partial charge on any atom is -0.373 e. The van der Waals surface area contributed by atoms with Crippen molar-refractivity contribution in [2.45, 2.75) is 25.9 Å². The van der Waals surface area contributed by atoms with Crippen LogP contribution in [-0.4, -0.2) is 12.4 Å². The molecule has 2 rings (SSSR count). The number of carbonyl (C=O) groups is 1. The summed E-state index contributed by atoms with van der Waals surface area (Å²) in [4.78, 5) is 11.2. The van der Waals surface area contributed by atoms with Gasteiger partial charge in [-0.3, -0.25) is 4.79 Å². The standard InChI is InChI=1S/C12H14O2/c1-9-2-4-10(5-3-9)12-8-11(13)6-7-14-12/h2-5,12H,6-8H2,1H3. The van der Waals surface area contributed by atoms with E-state index in [1.165, 1.54) is 5.56 Å². The summed E-state index contributed by atoms with van der Waals surface area (Å²) < 4.78 is 5.55. The molecule has 0 amide bonds. The van der Waals surface area contributed by atoms with Crippen LogP contribution in [0.15, 0.2) is 24.3 Å². The Morgan fingerprint density at radius 2 is 2.00 bits per heavy atom. The molecule has 2 nitrogen and oxygen atoms in total. The summed E-state index contributed by atoms with van der Waals surface area (Å²) in [7, 11) is 0. The van der Waals surface area contributed by atoms with Crippen molar-refractivity contribution in [2.24, 2.45) is 0 Å². The molecule has 74 valence electrons. The van der Waals surface area contributed by atoms with E-state index in [-0.39, 0.29) is 6.10 Å². The van der Waals surface area contributed by atoms with Gasteiger partial charge < -0.3 is 4.74 Å². The number of hydrogen-bond donors (Lipinski definition) is 0. The molecule has 2 heteroatoms. The molecule has 1 aliphatic heterocycles. The minimum atomic E-state index is -0.0168. The topological polar surface area (TPSA) is 26.3 Å². The molecule has 0 aliphatic carbocycles. The van der Waals surface area contributed by atoms with Crippen molar-refractivity contribution < 1.29 is 9.53 Å². The van der Waals surface area contributed by atoms with Crippen LogP contribution in [0.5, 0.6) is 0 Å². The van der Waals surface area contributed by atoms with Crippen molar-refractivity contribution in [1.82, 2.24) is 0 Å². The third kappa shape index (κ3) is 2.02. The minimum absolute atomic E-state index is 0.0168. The molecule has 0 saturated carbocycles. The number of ether oxygens (including phenoxy) is 1. The molecule has 0 N–H and O–H groups in total. The molecule has 1 heterocycles. The Hall–Kier alpha value is -1.15. The number of ketones is 1. The Balaban J connectivity index is 2.14. The second kappa shape index (κ2) is 3.93. The molecule has 1 aromatic carbocycles. The van der Waals surface area contributed by atoms with Crippen LogP contribution in [-0.2, 0) is 9.53 Å². The highest BCUT2D eigenvalue weighted by atomic mass is 16.5. The molecule has 0 bridgehead atoms. The van der Waals surface area contributed by atoms with Crippen LogP contribution in [0.2, 0.25) is 0 Å². The van der Waals surface area contributed by atoms with Crippen LogP contribution >= 0.6 is 0 Å². The first-order valence-electron chi connectivity index (χ1n) is 4.95. The van der Waals surface area contributed by atoms with Crippen molar-refractivity contribution in [2.75, 3.05) is 6.61 Å². The van der Waals surface area contributed by atoms with Crippen LogP contribution in [0.1, 0.15) is 30.1 Å². The van der Waals surface area contributed by atoms with Crippen LogP contribution in [0.25, 0.3) is 0 Å². The second-order valence-electron chi connectivity index (χ2n) is 3.76. The maximum absolute atomic E-state index is 11.2. The van der Waals surface area contributed by atoms with E-state index in [1.54, 1.807) is 0 Å². The van der Waals surface area contributed by atoms with Crippen molar-refractivity contribution in [3.8, 4) is 0 Å². The van der Waals surface area contributed by atoms with Gasteiger partial charge in [-0.05, 0) is 12.5 Å². The molecule has 1 atom stereocenters. The van der Waals surface area contributed by atoms with E-state index in [0.717, 1.165) is 5.56 Å². The SMILES string of the molecule is Cc1ccc(C2CC(=O)CCO2)cc1. The molecule has 0 radical (unpaired) electrons. The highest BCUT2D eigenvalue weighted by molar-refractivity contribution is 5.79. The van der Waals surface area contributed by atoms with E-state index >= 15 is 0 Å². The quantitative estimate of drug-likeness (QED) is 0.679. The summed E-state index contributed by atoms with van der Waals surface area (Å²) in [5.74, 6) is 0.307. The molecule has 1 aromatic rings. The van der Waals surface area contributed by atoms with Crippen molar-refractivity contribution >= 4 is 5.78 Å². The molecule has 1 aliphatic rings. The predicted octanol–water partition coefficient (Wildman–Crippen LogP) is 2.42. The van der Waals surface area contributed by atoms with Gasteiger partial charge in [0.25, 0.3) is 0 Å². The number of hydrogen-bond acceptors (Lipinski definition) is 2. The number of benzene rings is 1. The maximum atomic E-state index is 11.2. The fourth-order valence-electron chi connectivity index (χ4n) is 1.68. The predicted molar refractivity (Wildman–Crippen MR) is 54.1 cm³/mol. The summed E-state index contributed by atoms with van der Waals surface area (Å²) in [5, 5.41) is 0. The lowest BCUT2D eigenvalue weighted by Gasteiger charge is -2.22. The second-order valence-corrected chi connectivity index (χ2v) is 3.76. The number of rotatable bonds is 1. The van der Waals surface area contributed by atoms with E-state index in [4.69, 9.17) is 4.74 Å². The van der Waals surface area contributed by atoms with E-state index < -0.39 is 0 Å². The van der Waals surface area contributed by atoms with Crippen LogP contribution in [0.3, 0.4) is 0 Å². The van der Waals surface area contributed by atoms with E-state index in [0.29, 0.717) is 25.2 Å². The molecule has 1 saturated heterocycles. The third-order valence-corrected chi connectivity index (χ3v) is 2.56. The summed E-state index contributed by atoms with van der Waals surface area (Å²) in [5.41, 5.74) is 2.35. The first kappa shape index (κ1) is 9.41. The van der Waals surface area contributed by atoms with E-state index in [1.807, 2.05) is 12.1 Å².